The second-order valence-corrected chi connectivity index (χ2v) is 6.15. The number of hydrogen-bond acceptors (Lipinski definition) is 1. The third-order valence-electron chi connectivity index (χ3n) is 3.93. The Bertz CT molecular complexity index is 596. The normalized spacial score (nSPS) is 12.4. The van der Waals surface area contributed by atoms with Crippen LogP contribution in [0.2, 0.25) is 10.0 Å². The predicted molar refractivity (Wildman–Crippen MR) is 92.5 cm³/mol. The van der Waals surface area contributed by atoms with Crippen molar-refractivity contribution < 1.29 is 0 Å². The van der Waals surface area contributed by atoms with Crippen LogP contribution in [-0.2, 0) is 12.8 Å². The summed E-state index contributed by atoms with van der Waals surface area (Å²) in [5.74, 6) is 0. The maximum Gasteiger partial charge on any atom is 0.0624 e. The summed E-state index contributed by atoms with van der Waals surface area (Å²) in [6.07, 6.45) is 3.03. The van der Waals surface area contributed by atoms with Gasteiger partial charge in [-0.1, -0.05) is 59.6 Å². The van der Waals surface area contributed by atoms with E-state index in [1.54, 1.807) is 0 Å². The Morgan fingerprint density at radius 1 is 1.00 bits per heavy atom. The lowest BCUT2D eigenvalue weighted by molar-refractivity contribution is 0.520. The second-order valence-electron chi connectivity index (χ2n) is 5.37. The van der Waals surface area contributed by atoms with Crippen LogP contribution in [0.3, 0.4) is 0 Å². The summed E-state index contributed by atoms with van der Waals surface area (Å²) in [6.45, 7) is 2.16. The monoisotopic (exact) mass is 321 g/mol. The summed E-state index contributed by atoms with van der Waals surface area (Å²) in [6, 6.07) is 14.8. The molecule has 1 nitrogen and oxygen atoms in total. The fraction of sp³-hybridized carbons (Fsp3) is 0.333. The number of rotatable bonds is 6. The predicted octanol–water partition coefficient (Wildman–Crippen LogP) is 5.07. The molecule has 0 amide bonds. The van der Waals surface area contributed by atoms with Crippen molar-refractivity contribution in [1.82, 2.24) is 5.32 Å². The highest BCUT2D eigenvalue weighted by Crippen LogP contribution is 2.27. The zero-order valence-electron chi connectivity index (χ0n) is 12.5. The van der Waals surface area contributed by atoms with E-state index in [1.165, 1.54) is 11.1 Å². The van der Waals surface area contributed by atoms with Gasteiger partial charge in [0.25, 0.3) is 0 Å². The van der Waals surface area contributed by atoms with Gasteiger partial charge in [0.2, 0.25) is 0 Å². The topological polar surface area (TPSA) is 12.0 Å². The molecule has 3 heteroatoms. The van der Waals surface area contributed by atoms with Crippen LogP contribution in [0.1, 0.15) is 23.1 Å². The van der Waals surface area contributed by atoms with Gasteiger partial charge in [-0.05, 0) is 56.0 Å². The Labute approximate surface area is 137 Å². The zero-order valence-corrected chi connectivity index (χ0v) is 14.0. The largest absolute Gasteiger partial charge is 0.317 e. The van der Waals surface area contributed by atoms with Crippen LogP contribution in [-0.4, -0.2) is 13.1 Å². The summed E-state index contributed by atoms with van der Waals surface area (Å²) in [5, 5.41) is 4.69. The van der Waals surface area contributed by atoms with Crippen molar-refractivity contribution in [2.75, 3.05) is 7.05 Å². The van der Waals surface area contributed by atoms with Gasteiger partial charge in [0.15, 0.2) is 0 Å². The molecule has 2 aromatic rings. The van der Waals surface area contributed by atoms with Gasteiger partial charge < -0.3 is 5.32 Å². The number of likely N-dealkylation sites (N-methyl/N-ethyl adjacent to an activating group) is 1. The third kappa shape index (κ3) is 4.47. The molecule has 0 aliphatic heterocycles. The maximum absolute atomic E-state index is 6.28. The van der Waals surface area contributed by atoms with Gasteiger partial charge in [-0.3, -0.25) is 0 Å². The van der Waals surface area contributed by atoms with E-state index in [1.807, 2.05) is 25.2 Å². The van der Waals surface area contributed by atoms with Gasteiger partial charge in [-0.2, -0.15) is 0 Å². The molecule has 1 N–H and O–H groups in total. The minimum atomic E-state index is 0.389. The summed E-state index contributed by atoms with van der Waals surface area (Å²) in [7, 11) is 2.00. The first kappa shape index (κ1) is 16.4. The highest BCUT2D eigenvalue weighted by molar-refractivity contribution is 6.42. The lowest BCUT2D eigenvalue weighted by atomic mass is 9.97. The molecule has 1 unspecified atom stereocenters. The van der Waals surface area contributed by atoms with Crippen molar-refractivity contribution in [3.63, 3.8) is 0 Å². The van der Waals surface area contributed by atoms with Crippen LogP contribution in [0.4, 0.5) is 0 Å². The molecule has 0 fully saturated rings. The summed E-state index contributed by atoms with van der Waals surface area (Å²) >= 11 is 12.4. The van der Waals surface area contributed by atoms with Gasteiger partial charge in [0.1, 0.15) is 0 Å². The van der Waals surface area contributed by atoms with Crippen molar-refractivity contribution in [3.8, 4) is 0 Å². The first-order valence-electron chi connectivity index (χ1n) is 7.26. The quantitative estimate of drug-likeness (QED) is 0.783. The van der Waals surface area contributed by atoms with Crippen molar-refractivity contribution in [2.45, 2.75) is 32.2 Å². The van der Waals surface area contributed by atoms with Gasteiger partial charge in [0.05, 0.1) is 10.0 Å². The Morgan fingerprint density at radius 3 is 2.43 bits per heavy atom. The molecule has 0 saturated heterocycles. The van der Waals surface area contributed by atoms with E-state index in [0.717, 1.165) is 24.8 Å². The van der Waals surface area contributed by atoms with E-state index in [9.17, 15) is 0 Å². The Balaban J connectivity index is 2.01. The molecule has 0 spiro atoms. The molecule has 21 heavy (non-hydrogen) atoms. The molecule has 0 heterocycles. The van der Waals surface area contributed by atoms with Gasteiger partial charge in [-0.25, -0.2) is 0 Å². The Hall–Kier alpha value is -1.02. The van der Waals surface area contributed by atoms with Crippen LogP contribution < -0.4 is 5.32 Å². The summed E-state index contributed by atoms with van der Waals surface area (Å²) < 4.78 is 0. The molecule has 0 saturated carbocycles. The van der Waals surface area contributed by atoms with Crippen LogP contribution in [0.15, 0.2) is 42.5 Å². The molecular formula is C18H21Cl2N. The van der Waals surface area contributed by atoms with Crippen LogP contribution in [0, 0.1) is 6.92 Å². The molecule has 0 bridgehead atoms. The summed E-state index contributed by atoms with van der Waals surface area (Å²) in [4.78, 5) is 0. The van der Waals surface area contributed by atoms with E-state index in [0.29, 0.717) is 16.1 Å². The second kappa shape index (κ2) is 7.84. The van der Waals surface area contributed by atoms with Gasteiger partial charge >= 0.3 is 0 Å². The molecular weight excluding hydrogens is 301 g/mol. The molecule has 0 aliphatic carbocycles. The SMILES string of the molecule is CNC(CCc1ccccc1C)Cc1cccc(Cl)c1Cl. The van der Waals surface area contributed by atoms with Crippen LogP contribution in [0.25, 0.3) is 0 Å². The van der Waals surface area contributed by atoms with Crippen LogP contribution in [0.5, 0.6) is 0 Å². The lowest BCUT2D eigenvalue weighted by Gasteiger charge is -2.18. The molecule has 2 aromatic carbocycles. The molecule has 0 radical (unpaired) electrons. The average molecular weight is 322 g/mol. The lowest BCUT2D eigenvalue weighted by Crippen LogP contribution is -2.28. The standard InChI is InChI=1S/C18H21Cl2N/c1-13-6-3-4-7-14(13)10-11-16(21-2)12-15-8-5-9-17(19)18(15)20/h3-9,16,21H,10-12H2,1-2H3. The number of nitrogens with one attached hydrogen (secondary N) is 1. The first-order chi connectivity index (χ1) is 10.1. The third-order valence-corrected chi connectivity index (χ3v) is 4.79. The maximum atomic E-state index is 6.28. The van der Waals surface area contributed by atoms with E-state index in [-0.39, 0.29) is 0 Å². The minimum absolute atomic E-state index is 0.389. The minimum Gasteiger partial charge on any atom is -0.317 e. The number of hydrogen-bond donors (Lipinski definition) is 1. The zero-order chi connectivity index (χ0) is 15.2. The average Bonchev–Trinajstić information content (AvgIpc) is 2.49. The highest BCUT2D eigenvalue weighted by atomic mass is 35.5. The van der Waals surface area contributed by atoms with Crippen molar-refractivity contribution >= 4 is 23.2 Å². The summed E-state index contributed by atoms with van der Waals surface area (Å²) in [5.41, 5.74) is 3.87. The molecule has 0 aromatic heterocycles. The van der Waals surface area contributed by atoms with E-state index in [2.05, 4.69) is 36.5 Å². The number of aryl methyl sites for hydroxylation is 2. The first-order valence-corrected chi connectivity index (χ1v) is 8.02. The van der Waals surface area contributed by atoms with E-state index < -0.39 is 0 Å². The molecule has 112 valence electrons. The van der Waals surface area contributed by atoms with Crippen molar-refractivity contribution in [1.29, 1.82) is 0 Å². The van der Waals surface area contributed by atoms with Crippen molar-refractivity contribution in [2.24, 2.45) is 0 Å². The van der Waals surface area contributed by atoms with E-state index in [4.69, 9.17) is 23.2 Å². The van der Waals surface area contributed by atoms with E-state index >= 15 is 0 Å². The fourth-order valence-corrected chi connectivity index (χ4v) is 2.94. The number of halogens is 2. The molecule has 0 aliphatic rings. The highest BCUT2D eigenvalue weighted by Gasteiger charge is 2.12. The smallest absolute Gasteiger partial charge is 0.0624 e. The van der Waals surface area contributed by atoms with Gasteiger partial charge in [0, 0.05) is 6.04 Å². The fourth-order valence-electron chi connectivity index (χ4n) is 2.54. The van der Waals surface area contributed by atoms with Gasteiger partial charge in [-0.15, -0.1) is 0 Å². The van der Waals surface area contributed by atoms with Crippen LogP contribution >= 0.6 is 23.2 Å². The Kier molecular flexibility index (Phi) is 6.10. The molecule has 2 rings (SSSR count). The number of benzene rings is 2. The molecule has 1 atom stereocenters. The Morgan fingerprint density at radius 2 is 1.71 bits per heavy atom. The van der Waals surface area contributed by atoms with Crippen molar-refractivity contribution in [3.05, 3.63) is 69.2 Å².